The van der Waals surface area contributed by atoms with E-state index in [9.17, 15) is 23.1 Å². The molecule has 214 valence electrons. The maximum Gasteiger partial charge on any atom is 0.295 e. The summed E-state index contributed by atoms with van der Waals surface area (Å²) < 4.78 is 43.8. The number of ether oxygens (including phenoxy) is 3. The molecule has 1 unspecified atom stereocenters. The SMILES string of the molecule is COCCN1C(=O)C(=O)C(=C(O)c2ccc(S(=O)(=O)N3CCOCC3)cc2)C1c1cccc(Oc2ccccc2)c1. The van der Waals surface area contributed by atoms with E-state index < -0.39 is 33.5 Å². The van der Waals surface area contributed by atoms with E-state index in [1.54, 1.807) is 36.4 Å². The highest BCUT2D eigenvalue weighted by atomic mass is 32.2. The Morgan fingerprint density at radius 3 is 2.32 bits per heavy atom. The number of sulfonamides is 1. The molecule has 10 nitrogen and oxygen atoms in total. The van der Waals surface area contributed by atoms with Gasteiger partial charge in [-0.25, -0.2) is 8.42 Å². The molecule has 0 aromatic heterocycles. The number of rotatable bonds is 9. The third-order valence-electron chi connectivity index (χ3n) is 6.96. The highest BCUT2D eigenvalue weighted by Crippen LogP contribution is 2.40. The predicted molar refractivity (Wildman–Crippen MR) is 150 cm³/mol. The van der Waals surface area contributed by atoms with Crippen molar-refractivity contribution in [2.24, 2.45) is 0 Å². The van der Waals surface area contributed by atoms with Gasteiger partial charge in [0.25, 0.3) is 11.7 Å². The average Bonchev–Trinajstić information content (AvgIpc) is 3.26. The Hall–Kier alpha value is -4.03. The van der Waals surface area contributed by atoms with Crippen molar-refractivity contribution in [1.82, 2.24) is 9.21 Å². The van der Waals surface area contributed by atoms with Crippen LogP contribution in [0.3, 0.4) is 0 Å². The first-order valence-electron chi connectivity index (χ1n) is 13.1. The molecule has 0 aliphatic carbocycles. The van der Waals surface area contributed by atoms with E-state index in [0.717, 1.165) is 0 Å². The van der Waals surface area contributed by atoms with Crippen molar-refractivity contribution in [1.29, 1.82) is 0 Å². The van der Waals surface area contributed by atoms with Crippen molar-refractivity contribution in [2.75, 3.05) is 46.6 Å². The molecule has 11 heteroatoms. The molecule has 2 aliphatic rings. The van der Waals surface area contributed by atoms with Crippen LogP contribution in [0.25, 0.3) is 5.76 Å². The van der Waals surface area contributed by atoms with E-state index in [1.165, 1.54) is 40.6 Å². The molecule has 2 aliphatic heterocycles. The molecular weight excluding hydrogens is 548 g/mol. The number of hydrogen-bond donors (Lipinski definition) is 1. The summed E-state index contributed by atoms with van der Waals surface area (Å²) in [7, 11) is -2.26. The maximum atomic E-state index is 13.3. The third-order valence-corrected chi connectivity index (χ3v) is 8.88. The second-order valence-electron chi connectivity index (χ2n) is 9.51. The van der Waals surface area contributed by atoms with Gasteiger partial charge >= 0.3 is 0 Å². The van der Waals surface area contributed by atoms with Gasteiger partial charge in [0.15, 0.2) is 0 Å². The van der Waals surface area contributed by atoms with E-state index in [-0.39, 0.29) is 42.3 Å². The minimum absolute atomic E-state index is 0.0545. The monoisotopic (exact) mass is 578 g/mol. The van der Waals surface area contributed by atoms with Crippen LogP contribution in [0, 0.1) is 0 Å². The average molecular weight is 579 g/mol. The molecule has 0 saturated carbocycles. The van der Waals surface area contributed by atoms with Gasteiger partial charge in [-0.15, -0.1) is 0 Å². The normalized spacial score (nSPS) is 19.4. The van der Waals surface area contributed by atoms with Crippen LogP contribution < -0.4 is 4.74 Å². The summed E-state index contributed by atoms with van der Waals surface area (Å²) in [5.41, 5.74) is 0.658. The van der Waals surface area contributed by atoms with E-state index in [4.69, 9.17) is 14.2 Å². The fourth-order valence-electron chi connectivity index (χ4n) is 4.90. The number of carbonyl (C=O) groups is 2. The molecule has 2 heterocycles. The van der Waals surface area contributed by atoms with Gasteiger partial charge in [-0.1, -0.05) is 30.3 Å². The number of benzene rings is 3. The minimum atomic E-state index is -3.75. The number of para-hydroxylation sites is 1. The number of hydrogen-bond acceptors (Lipinski definition) is 8. The molecule has 3 aromatic rings. The molecule has 1 atom stereocenters. The summed E-state index contributed by atoms with van der Waals surface area (Å²) in [6, 6.07) is 20.8. The summed E-state index contributed by atoms with van der Waals surface area (Å²) in [5.74, 6) is -0.913. The van der Waals surface area contributed by atoms with Crippen molar-refractivity contribution in [3.8, 4) is 11.5 Å². The van der Waals surface area contributed by atoms with Crippen LogP contribution in [0.5, 0.6) is 11.5 Å². The highest BCUT2D eigenvalue weighted by Gasteiger charge is 2.46. The number of Topliss-reactive ketones (excluding diaryl/α,β-unsaturated/α-hetero) is 1. The van der Waals surface area contributed by atoms with Gasteiger partial charge in [0, 0.05) is 32.3 Å². The smallest absolute Gasteiger partial charge is 0.295 e. The summed E-state index contributed by atoms with van der Waals surface area (Å²) >= 11 is 0. The number of morpholine rings is 1. The first-order chi connectivity index (χ1) is 19.8. The van der Waals surface area contributed by atoms with Gasteiger partial charge in [-0.05, 0) is 54.1 Å². The quantitative estimate of drug-likeness (QED) is 0.232. The van der Waals surface area contributed by atoms with Gasteiger partial charge in [0.1, 0.15) is 17.3 Å². The van der Waals surface area contributed by atoms with Crippen molar-refractivity contribution in [3.63, 3.8) is 0 Å². The largest absolute Gasteiger partial charge is 0.507 e. The van der Waals surface area contributed by atoms with Crippen LogP contribution in [0.2, 0.25) is 0 Å². The summed E-state index contributed by atoms with van der Waals surface area (Å²) in [6.45, 7) is 1.43. The van der Waals surface area contributed by atoms with Gasteiger partial charge in [-0.2, -0.15) is 4.31 Å². The van der Waals surface area contributed by atoms with Crippen molar-refractivity contribution < 1.29 is 37.3 Å². The lowest BCUT2D eigenvalue weighted by atomic mass is 9.95. The van der Waals surface area contributed by atoms with E-state index in [0.29, 0.717) is 30.3 Å². The zero-order valence-electron chi connectivity index (χ0n) is 22.4. The van der Waals surface area contributed by atoms with Gasteiger partial charge < -0.3 is 24.2 Å². The van der Waals surface area contributed by atoms with Crippen molar-refractivity contribution in [3.05, 3.63) is 95.6 Å². The number of aliphatic hydroxyl groups excluding tert-OH is 1. The van der Waals surface area contributed by atoms with Crippen LogP contribution >= 0.6 is 0 Å². The molecule has 5 rings (SSSR count). The minimum Gasteiger partial charge on any atom is -0.507 e. The molecule has 0 radical (unpaired) electrons. The van der Waals surface area contributed by atoms with E-state index in [1.807, 2.05) is 18.2 Å². The molecule has 3 aromatic carbocycles. The Morgan fingerprint density at radius 1 is 0.951 bits per heavy atom. The molecule has 1 N–H and O–H groups in total. The lowest BCUT2D eigenvalue weighted by Gasteiger charge is -2.26. The number of nitrogens with zero attached hydrogens (tertiary/aromatic N) is 2. The van der Waals surface area contributed by atoms with Crippen LogP contribution in [-0.2, 0) is 29.1 Å². The summed E-state index contributed by atoms with van der Waals surface area (Å²) in [5, 5.41) is 11.4. The van der Waals surface area contributed by atoms with Crippen LogP contribution in [0.4, 0.5) is 0 Å². The van der Waals surface area contributed by atoms with Gasteiger partial charge in [0.05, 0.1) is 36.3 Å². The second kappa shape index (κ2) is 12.2. The molecule has 0 bridgehead atoms. The fourth-order valence-corrected chi connectivity index (χ4v) is 6.30. The molecule has 2 fully saturated rings. The number of aliphatic hydroxyl groups is 1. The second-order valence-corrected chi connectivity index (χ2v) is 11.5. The Morgan fingerprint density at radius 2 is 1.63 bits per heavy atom. The third kappa shape index (κ3) is 5.89. The molecule has 41 heavy (non-hydrogen) atoms. The van der Waals surface area contributed by atoms with Crippen molar-refractivity contribution >= 4 is 27.5 Å². The lowest BCUT2D eigenvalue weighted by Crippen LogP contribution is -2.40. The highest BCUT2D eigenvalue weighted by molar-refractivity contribution is 7.89. The molecule has 1 amide bonds. The van der Waals surface area contributed by atoms with Gasteiger partial charge in [0.2, 0.25) is 10.0 Å². The Bertz CT molecular complexity index is 1550. The maximum absolute atomic E-state index is 13.3. The number of carbonyl (C=O) groups excluding carboxylic acids is 2. The van der Waals surface area contributed by atoms with E-state index >= 15 is 0 Å². The standard InChI is InChI=1S/C30H30N2O8S/c1-38-17-16-32-27(22-6-5-9-24(20-22)40-23-7-3-2-4-8-23)26(29(34)30(32)35)28(33)21-10-12-25(13-11-21)41(36,37)31-14-18-39-19-15-31/h2-13,20,27,33H,14-19H2,1H3. The van der Waals surface area contributed by atoms with E-state index in [2.05, 4.69) is 0 Å². The molecule has 0 spiro atoms. The first kappa shape index (κ1) is 28.5. The Labute approximate surface area is 238 Å². The number of ketones is 1. The lowest BCUT2D eigenvalue weighted by molar-refractivity contribution is -0.140. The number of amides is 1. The van der Waals surface area contributed by atoms with Gasteiger partial charge in [-0.3, -0.25) is 9.59 Å². The topological polar surface area (TPSA) is 123 Å². The summed E-state index contributed by atoms with van der Waals surface area (Å²) in [6.07, 6.45) is 0. The van der Waals surface area contributed by atoms with Crippen LogP contribution in [0.15, 0.2) is 89.3 Å². The molecule has 2 saturated heterocycles. The number of methoxy groups -OCH3 is 1. The summed E-state index contributed by atoms with van der Waals surface area (Å²) in [4.78, 5) is 27.8. The zero-order valence-corrected chi connectivity index (χ0v) is 23.2. The van der Waals surface area contributed by atoms with Crippen molar-refractivity contribution in [2.45, 2.75) is 10.9 Å². The Balaban J connectivity index is 1.52. The Kier molecular flexibility index (Phi) is 8.50. The first-order valence-corrected chi connectivity index (χ1v) is 14.5. The fraction of sp³-hybridized carbons (Fsp3) is 0.267. The predicted octanol–water partition coefficient (Wildman–Crippen LogP) is 3.57. The molecular formula is C30H30N2O8S. The number of likely N-dealkylation sites (tertiary alicyclic amines) is 1. The van der Waals surface area contributed by atoms with Crippen LogP contribution in [-0.4, -0.2) is 81.0 Å². The zero-order chi connectivity index (χ0) is 29.0. The van der Waals surface area contributed by atoms with Crippen LogP contribution in [0.1, 0.15) is 17.2 Å².